The highest BCUT2D eigenvalue weighted by molar-refractivity contribution is 5.98. The van der Waals surface area contributed by atoms with E-state index in [1.54, 1.807) is 36.2 Å². The Morgan fingerprint density at radius 3 is 2.54 bits per heavy atom. The molecule has 1 aromatic carbocycles. The lowest BCUT2D eigenvalue weighted by Crippen LogP contribution is -2.35. The summed E-state index contributed by atoms with van der Waals surface area (Å²) in [5, 5.41) is 2.46. The number of rotatable bonds is 9. The monoisotopic (exact) mass is 389 g/mol. The highest BCUT2D eigenvalue weighted by Gasteiger charge is 2.21. The number of esters is 1. The average Bonchev–Trinajstić information content (AvgIpc) is 3.14. The molecule has 1 fully saturated rings. The van der Waals surface area contributed by atoms with Crippen LogP contribution >= 0.6 is 0 Å². The van der Waals surface area contributed by atoms with Gasteiger partial charge in [-0.3, -0.25) is 19.2 Å². The number of nitrogens with one attached hydrogen (secondary N) is 1. The van der Waals surface area contributed by atoms with Gasteiger partial charge in [0.1, 0.15) is 6.54 Å². The number of benzene rings is 1. The van der Waals surface area contributed by atoms with Crippen molar-refractivity contribution in [1.82, 2.24) is 10.2 Å². The van der Waals surface area contributed by atoms with Crippen molar-refractivity contribution >= 4 is 29.4 Å². The van der Waals surface area contributed by atoms with Gasteiger partial charge < -0.3 is 19.9 Å². The Kier molecular flexibility index (Phi) is 7.98. The van der Waals surface area contributed by atoms with Gasteiger partial charge in [0.2, 0.25) is 5.91 Å². The van der Waals surface area contributed by atoms with Gasteiger partial charge in [-0.25, -0.2) is 0 Å². The van der Waals surface area contributed by atoms with E-state index in [1.807, 2.05) is 6.92 Å². The maximum absolute atomic E-state index is 12.1. The van der Waals surface area contributed by atoms with Crippen LogP contribution < -0.4 is 10.2 Å². The number of carbonyl (C=O) groups is 4. The minimum Gasteiger partial charge on any atom is -0.454 e. The van der Waals surface area contributed by atoms with Crippen LogP contribution in [0, 0.1) is 0 Å². The summed E-state index contributed by atoms with van der Waals surface area (Å²) in [6, 6.07) is 6.63. The van der Waals surface area contributed by atoms with E-state index in [2.05, 4.69) is 5.32 Å². The quantitative estimate of drug-likeness (QED) is 0.643. The van der Waals surface area contributed by atoms with Gasteiger partial charge in [-0.2, -0.15) is 0 Å². The average molecular weight is 389 g/mol. The Morgan fingerprint density at radius 1 is 1.21 bits per heavy atom. The minimum absolute atomic E-state index is 0.0785. The number of likely N-dealkylation sites (N-methyl/N-ethyl adjacent to an activating group) is 1. The Labute approximate surface area is 164 Å². The molecule has 1 aliphatic heterocycles. The molecule has 0 spiro atoms. The van der Waals surface area contributed by atoms with E-state index in [4.69, 9.17) is 4.74 Å². The summed E-state index contributed by atoms with van der Waals surface area (Å²) in [6.45, 7) is 2.66. The van der Waals surface area contributed by atoms with Crippen molar-refractivity contribution in [3.63, 3.8) is 0 Å². The van der Waals surface area contributed by atoms with Crippen LogP contribution in [0.25, 0.3) is 0 Å². The molecule has 3 amide bonds. The molecule has 1 heterocycles. The molecule has 1 N–H and O–H groups in total. The molecule has 0 bridgehead atoms. The van der Waals surface area contributed by atoms with E-state index >= 15 is 0 Å². The van der Waals surface area contributed by atoms with Crippen molar-refractivity contribution < 1.29 is 23.9 Å². The molecule has 0 atom stereocenters. The predicted molar refractivity (Wildman–Crippen MR) is 104 cm³/mol. The van der Waals surface area contributed by atoms with Crippen molar-refractivity contribution in [2.75, 3.05) is 38.2 Å². The van der Waals surface area contributed by atoms with Crippen molar-refractivity contribution in [2.24, 2.45) is 0 Å². The molecular weight excluding hydrogens is 362 g/mol. The number of anilines is 1. The zero-order valence-electron chi connectivity index (χ0n) is 16.4. The fourth-order valence-corrected chi connectivity index (χ4v) is 2.79. The van der Waals surface area contributed by atoms with Crippen LogP contribution in [0.15, 0.2) is 24.3 Å². The number of hydrogen-bond acceptors (Lipinski definition) is 5. The van der Waals surface area contributed by atoms with E-state index < -0.39 is 11.9 Å². The van der Waals surface area contributed by atoms with E-state index in [-0.39, 0.29) is 25.0 Å². The van der Waals surface area contributed by atoms with Crippen LogP contribution in [0.3, 0.4) is 0 Å². The Balaban J connectivity index is 1.74. The van der Waals surface area contributed by atoms with Crippen LogP contribution in [0.2, 0.25) is 0 Å². The molecule has 0 aromatic heterocycles. The molecule has 8 nitrogen and oxygen atoms in total. The van der Waals surface area contributed by atoms with Gasteiger partial charge >= 0.3 is 5.97 Å². The topological polar surface area (TPSA) is 96.0 Å². The van der Waals surface area contributed by atoms with Gasteiger partial charge in [0, 0.05) is 37.8 Å². The number of hydrogen-bond donors (Lipinski definition) is 1. The van der Waals surface area contributed by atoms with Crippen molar-refractivity contribution in [3.8, 4) is 0 Å². The molecule has 0 saturated carbocycles. The number of amides is 3. The molecule has 28 heavy (non-hydrogen) atoms. The summed E-state index contributed by atoms with van der Waals surface area (Å²) in [6.07, 6.45) is 3.23. The van der Waals surface area contributed by atoms with Crippen molar-refractivity contribution in [2.45, 2.75) is 32.6 Å². The van der Waals surface area contributed by atoms with Crippen molar-refractivity contribution in [1.29, 1.82) is 0 Å². The molecule has 1 aromatic rings. The largest absolute Gasteiger partial charge is 0.454 e. The fourth-order valence-electron chi connectivity index (χ4n) is 2.79. The summed E-state index contributed by atoms with van der Waals surface area (Å²) in [5.74, 6) is -1.30. The van der Waals surface area contributed by atoms with E-state index in [9.17, 15) is 19.2 Å². The third-order valence-corrected chi connectivity index (χ3v) is 4.54. The summed E-state index contributed by atoms with van der Waals surface area (Å²) in [4.78, 5) is 50.6. The van der Waals surface area contributed by atoms with E-state index in [1.165, 1.54) is 4.90 Å². The molecule has 1 aliphatic rings. The molecule has 0 radical (unpaired) electrons. The van der Waals surface area contributed by atoms with Crippen LogP contribution in [0.1, 0.15) is 43.0 Å². The molecule has 152 valence electrons. The number of carbonyl (C=O) groups excluding carboxylic acids is 4. The van der Waals surface area contributed by atoms with Crippen molar-refractivity contribution in [3.05, 3.63) is 29.8 Å². The van der Waals surface area contributed by atoms with Crippen LogP contribution in [-0.4, -0.2) is 61.9 Å². The van der Waals surface area contributed by atoms with Gasteiger partial charge in [-0.1, -0.05) is 13.3 Å². The van der Waals surface area contributed by atoms with E-state index in [0.717, 1.165) is 24.9 Å². The lowest BCUT2D eigenvalue weighted by Gasteiger charge is -2.16. The Bertz CT molecular complexity index is 717. The Hall–Kier alpha value is -2.90. The summed E-state index contributed by atoms with van der Waals surface area (Å²) < 4.78 is 4.90. The van der Waals surface area contributed by atoms with Crippen LogP contribution in [0.5, 0.6) is 0 Å². The highest BCUT2D eigenvalue weighted by atomic mass is 16.5. The third-order valence-electron chi connectivity index (χ3n) is 4.54. The SMILES string of the molecule is CCCCN(C)C(=O)COC(=O)CNC(=O)c1ccc(N2CCCC2=O)cc1. The lowest BCUT2D eigenvalue weighted by atomic mass is 10.2. The first-order valence-corrected chi connectivity index (χ1v) is 9.50. The van der Waals surface area contributed by atoms with E-state index in [0.29, 0.717) is 25.1 Å². The maximum atomic E-state index is 12.1. The molecule has 0 unspecified atom stereocenters. The smallest absolute Gasteiger partial charge is 0.325 e. The first-order chi connectivity index (χ1) is 13.4. The normalized spacial score (nSPS) is 13.4. The summed E-state index contributed by atoms with van der Waals surface area (Å²) in [7, 11) is 1.66. The summed E-state index contributed by atoms with van der Waals surface area (Å²) >= 11 is 0. The lowest BCUT2D eigenvalue weighted by molar-refractivity contribution is -0.150. The molecule has 0 aliphatic carbocycles. The zero-order chi connectivity index (χ0) is 20.5. The predicted octanol–water partition coefficient (Wildman–Crippen LogP) is 1.34. The van der Waals surface area contributed by atoms with Gasteiger partial charge in [-0.15, -0.1) is 0 Å². The minimum atomic E-state index is -0.676. The van der Waals surface area contributed by atoms with Gasteiger partial charge in [0.25, 0.3) is 11.8 Å². The number of unbranched alkanes of at least 4 members (excludes halogenated alkanes) is 1. The van der Waals surface area contributed by atoms with Gasteiger partial charge in [0.05, 0.1) is 0 Å². The number of ether oxygens (including phenoxy) is 1. The number of nitrogens with zero attached hydrogens (tertiary/aromatic N) is 2. The zero-order valence-corrected chi connectivity index (χ0v) is 16.4. The van der Waals surface area contributed by atoms with Crippen LogP contribution in [-0.2, 0) is 19.1 Å². The van der Waals surface area contributed by atoms with Crippen LogP contribution in [0.4, 0.5) is 5.69 Å². The second-order valence-corrected chi connectivity index (χ2v) is 6.71. The fraction of sp³-hybridized carbons (Fsp3) is 0.500. The van der Waals surface area contributed by atoms with Gasteiger partial charge in [-0.05, 0) is 37.1 Å². The summed E-state index contributed by atoms with van der Waals surface area (Å²) in [5.41, 5.74) is 1.13. The second-order valence-electron chi connectivity index (χ2n) is 6.71. The first-order valence-electron chi connectivity index (χ1n) is 9.50. The molecular formula is C20H27N3O5. The second kappa shape index (κ2) is 10.4. The maximum Gasteiger partial charge on any atom is 0.325 e. The third kappa shape index (κ3) is 6.07. The highest BCUT2D eigenvalue weighted by Crippen LogP contribution is 2.21. The Morgan fingerprint density at radius 2 is 1.93 bits per heavy atom. The molecule has 2 rings (SSSR count). The standard InChI is InChI=1S/C20H27N3O5/c1-3-4-11-22(2)18(25)14-28-19(26)13-21-20(27)15-7-9-16(10-8-15)23-12-5-6-17(23)24/h7-10H,3-6,11-14H2,1-2H3,(H,21,27). The molecule has 8 heteroatoms. The first kappa shape index (κ1) is 21.4. The molecule has 1 saturated heterocycles. The van der Waals surface area contributed by atoms with Gasteiger partial charge in [0.15, 0.2) is 6.61 Å².